The maximum atomic E-state index is 5.82. The molecule has 0 spiro atoms. The number of hydrogen-bond acceptors (Lipinski definition) is 3. The van der Waals surface area contributed by atoms with Crippen LogP contribution in [0.5, 0.6) is 0 Å². The third kappa shape index (κ3) is 5.13. The van der Waals surface area contributed by atoms with Gasteiger partial charge < -0.3 is 4.74 Å². The van der Waals surface area contributed by atoms with Gasteiger partial charge in [0.05, 0.1) is 11.8 Å². The Kier molecular flexibility index (Phi) is 10.3. The van der Waals surface area contributed by atoms with E-state index < -0.39 is 0 Å². The van der Waals surface area contributed by atoms with E-state index in [2.05, 4.69) is 53.6 Å². The lowest BCUT2D eigenvalue weighted by molar-refractivity contribution is 0.104. The molecule has 0 radical (unpaired) electrons. The Morgan fingerprint density at radius 2 is 1.59 bits per heavy atom. The molecule has 29 heavy (non-hydrogen) atoms. The van der Waals surface area contributed by atoms with Crippen molar-refractivity contribution in [2.75, 3.05) is 7.11 Å². The Hall–Kier alpha value is -2.46. The third-order valence-electron chi connectivity index (χ3n) is 4.60. The van der Waals surface area contributed by atoms with E-state index in [9.17, 15) is 0 Å². The van der Waals surface area contributed by atoms with Crippen molar-refractivity contribution in [1.82, 2.24) is 15.0 Å². The Morgan fingerprint density at radius 1 is 0.931 bits per heavy atom. The van der Waals surface area contributed by atoms with Crippen molar-refractivity contribution in [3.8, 4) is 22.5 Å². The molecule has 4 nitrogen and oxygen atoms in total. The van der Waals surface area contributed by atoms with E-state index in [-0.39, 0.29) is 6.10 Å². The van der Waals surface area contributed by atoms with Crippen LogP contribution in [-0.4, -0.2) is 22.1 Å². The molecule has 1 unspecified atom stereocenters. The van der Waals surface area contributed by atoms with Crippen molar-refractivity contribution >= 4 is 0 Å². The lowest BCUT2D eigenvalue weighted by Crippen LogP contribution is -2.11. The van der Waals surface area contributed by atoms with Crippen LogP contribution in [-0.2, 0) is 18.2 Å². The maximum absolute atomic E-state index is 5.82. The number of aromatic nitrogens is 3. The molecular formula is C25H37N3O. The third-order valence-corrected chi connectivity index (χ3v) is 4.60. The van der Waals surface area contributed by atoms with Gasteiger partial charge in [-0.15, -0.1) is 5.10 Å². The predicted octanol–water partition coefficient (Wildman–Crippen LogP) is 6.78. The fourth-order valence-corrected chi connectivity index (χ4v) is 3.48. The predicted molar refractivity (Wildman–Crippen MR) is 124 cm³/mol. The first-order valence-electron chi connectivity index (χ1n) is 10.8. The number of nitrogens with zero attached hydrogens (tertiary/aromatic N) is 3. The highest BCUT2D eigenvalue weighted by atomic mass is 16.5. The van der Waals surface area contributed by atoms with Gasteiger partial charge in [-0.2, -0.15) is 0 Å². The average molecular weight is 396 g/mol. The average Bonchev–Trinajstić information content (AvgIpc) is 3.16. The molecule has 4 rings (SSSR count). The molecule has 0 saturated carbocycles. The van der Waals surface area contributed by atoms with Gasteiger partial charge in [0, 0.05) is 31.7 Å². The second-order valence-corrected chi connectivity index (χ2v) is 6.09. The van der Waals surface area contributed by atoms with Crippen LogP contribution < -0.4 is 0 Å². The maximum Gasteiger partial charge on any atom is 0.121 e. The molecule has 1 atom stereocenters. The first kappa shape index (κ1) is 24.6. The van der Waals surface area contributed by atoms with Crippen LogP contribution >= 0.6 is 0 Å². The van der Waals surface area contributed by atoms with Crippen LogP contribution in [0, 0.1) is 6.92 Å². The van der Waals surface area contributed by atoms with E-state index in [1.165, 1.54) is 22.3 Å². The van der Waals surface area contributed by atoms with Gasteiger partial charge in [-0.25, -0.2) is 4.68 Å². The van der Waals surface area contributed by atoms with E-state index >= 15 is 0 Å². The molecule has 0 saturated heterocycles. The Bertz CT molecular complexity index is 884. The summed E-state index contributed by atoms with van der Waals surface area (Å²) in [7, 11) is 3.73. The van der Waals surface area contributed by atoms with Crippen molar-refractivity contribution in [3.63, 3.8) is 0 Å². The number of hydrogen-bond donors (Lipinski definition) is 0. The summed E-state index contributed by atoms with van der Waals surface area (Å²) in [5, 5.41) is 8.73. The van der Waals surface area contributed by atoms with E-state index in [1.807, 2.05) is 59.3 Å². The van der Waals surface area contributed by atoms with Gasteiger partial charge in [0.2, 0.25) is 0 Å². The van der Waals surface area contributed by atoms with Gasteiger partial charge in [0.15, 0.2) is 0 Å². The summed E-state index contributed by atoms with van der Waals surface area (Å²) in [5.74, 6) is 0. The van der Waals surface area contributed by atoms with Gasteiger partial charge in [0.25, 0.3) is 0 Å². The number of benzene rings is 2. The number of aryl methyl sites for hydroxylation is 2. The van der Waals surface area contributed by atoms with Gasteiger partial charge in [-0.3, -0.25) is 0 Å². The molecule has 1 heterocycles. The number of methoxy groups -OCH3 is 1. The summed E-state index contributed by atoms with van der Waals surface area (Å²) in [6.45, 7) is 14.1. The summed E-state index contributed by atoms with van der Waals surface area (Å²) in [4.78, 5) is 0. The first-order valence-corrected chi connectivity index (χ1v) is 10.8. The minimum absolute atomic E-state index is 0.0157. The fourth-order valence-electron chi connectivity index (χ4n) is 3.48. The Balaban J connectivity index is 0.000000644. The summed E-state index contributed by atoms with van der Waals surface area (Å²) in [5.41, 5.74) is 7.99. The molecule has 1 aromatic heterocycles. The van der Waals surface area contributed by atoms with Gasteiger partial charge in [0.1, 0.15) is 5.69 Å². The second-order valence-electron chi connectivity index (χ2n) is 6.09. The molecular weight excluding hydrogens is 358 g/mol. The van der Waals surface area contributed by atoms with Crippen molar-refractivity contribution in [2.45, 2.75) is 61.0 Å². The van der Waals surface area contributed by atoms with Crippen LogP contribution in [0.1, 0.15) is 64.3 Å². The minimum atomic E-state index is 0.0157. The van der Waals surface area contributed by atoms with E-state index in [1.54, 1.807) is 7.11 Å². The summed E-state index contributed by atoms with van der Waals surface area (Å²) < 4.78 is 7.69. The first-order chi connectivity index (χ1) is 14.2. The quantitative estimate of drug-likeness (QED) is 0.456. The van der Waals surface area contributed by atoms with E-state index in [0.717, 1.165) is 23.4 Å². The van der Waals surface area contributed by atoms with Crippen LogP contribution in [0.15, 0.2) is 42.5 Å². The van der Waals surface area contributed by atoms with Gasteiger partial charge in [-0.05, 0) is 18.1 Å². The van der Waals surface area contributed by atoms with Crippen molar-refractivity contribution in [2.24, 2.45) is 7.05 Å². The molecule has 0 aliphatic heterocycles. The molecule has 2 aromatic carbocycles. The van der Waals surface area contributed by atoms with Crippen LogP contribution in [0.25, 0.3) is 22.5 Å². The highest BCUT2D eigenvalue weighted by Gasteiger charge is 2.27. The molecule has 0 bridgehead atoms. The summed E-state index contributed by atoms with van der Waals surface area (Å²) >= 11 is 0. The van der Waals surface area contributed by atoms with Crippen molar-refractivity contribution < 1.29 is 4.74 Å². The molecule has 4 heteroatoms. The number of fused-ring (bicyclic) bond motifs is 5. The lowest BCUT2D eigenvalue weighted by atomic mass is 9.87. The molecule has 158 valence electrons. The standard InChI is InChI=1S/C19H19N3O.3C2H6/c1-12-8-9-14-13(10-12)11-17(23-3)15-6-4-5-7-16(15)18-19(14)22(2)21-20-18;3*1-2/h4-10,17H,11H2,1-3H3;3*1-2H3. The largest absolute Gasteiger partial charge is 0.376 e. The highest BCUT2D eigenvalue weighted by Crippen LogP contribution is 2.41. The lowest BCUT2D eigenvalue weighted by Gasteiger charge is -2.24. The minimum Gasteiger partial charge on any atom is -0.376 e. The van der Waals surface area contributed by atoms with Crippen LogP contribution in [0.2, 0.25) is 0 Å². The molecule has 1 aliphatic carbocycles. The van der Waals surface area contributed by atoms with Crippen LogP contribution in [0.4, 0.5) is 0 Å². The SMILES string of the molecule is CC.CC.CC.COC1Cc2cc(C)ccc2-c2c(nnn2C)-c2ccccc21. The zero-order valence-corrected chi connectivity index (χ0v) is 19.6. The summed E-state index contributed by atoms with van der Waals surface area (Å²) in [6.07, 6.45) is 0.858. The van der Waals surface area contributed by atoms with Crippen molar-refractivity contribution in [1.29, 1.82) is 0 Å². The topological polar surface area (TPSA) is 39.9 Å². The monoisotopic (exact) mass is 395 g/mol. The van der Waals surface area contributed by atoms with E-state index in [4.69, 9.17) is 4.74 Å². The normalized spacial score (nSPS) is 13.3. The smallest absolute Gasteiger partial charge is 0.121 e. The Labute approximate surface area is 176 Å². The van der Waals surface area contributed by atoms with Gasteiger partial charge in [-0.1, -0.05) is 94.8 Å². The molecule has 0 N–H and O–H groups in total. The molecule has 0 amide bonds. The number of rotatable bonds is 1. The van der Waals surface area contributed by atoms with Crippen LogP contribution in [0.3, 0.4) is 0 Å². The summed E-state index contributed by atoms with van der Waals surface area (Å²) in [6, 6.07) is 14.9. The second kappa shape index (κ2) is 12.2. The highest BCUT2D eigenvalue weighted by molar-refractivity contribution is 5.82. The molecule has 1 aliphatic rings. The van der Waals surface area contributed by atoms with E-state index in [0.29, 0.717) is 0 Å². The Morgan fingerprint density at radius 3 is 2.24 bits per heavy atom. The number of ether oxygens (including phenoxy) is 1. The van der Waals surface area contributed by atoms with Gasteiger partial charge >= 0.3 is 0 Å². The fraction of sp³-hybridized carbons (Fsp3) is 0.440. The zero-order chi connectivity index (χ0) is 22.0. The molecule has 0 fully saturated rings. The molecule has 3 aromatic rings. The van der Waals surface area contributed by atoms with Crippen molar-refractivity contribution in [3.05, 3.63) is 59.2 Å². The zero-order valence-electron chi connectivity index (χ0n) is 19.6.